The topological polar surface area (TPSA) is 24.9 Å². The molecule has 94 valence electrons. The van der Waals surface area contributed by atoms with Crippen LogP contribution in [0, 0.1) is 5.41 Å². The predicted molar refractivity (Wildman–Crippen MR) is 72.0 cm³/mol. The number of rotatable bonds is 5. The first kappa shape index (κ1) is 12.6. The maximum atomic E-state index is 4.09. The van der Waals surface area contributed by atoms with Gasteiger partial charge in [0, 0.05) is 18.4 Å². The molecule has 0 aliphatic heterocycles. The van der Waals surface area contributed by atoms with Gasteiger partial charge in [0.25, 0.3) is 0 Å². The lowest BCUT2D eigenvalue weighted by Gasteiger charge is -2.37. The number of hydrogen-bond acceptors (Lipinski definition) is 2. The van der Waals surface area contributed by atoms with Crippen molar-refractivity contribution in [3.63, 3.8) is 0 Å². The molecule has 2 nitrogen and oxygen atoms in total. The van der Waals surface area contributed by atoms with Gasteiger partial charge in [-0.3, -0.25) is 4.98 Å². The van der Waals surface area contributed by atoms with E-state index in [2.05, 4.69) is 36.4 Å². The second kappa shape index (κ2) is 5.63. The molecule has 0 bridgehead atoms. The molecule has 1 aromatic heterocycles. The Labute approximate surface area is 105 Å². The van der Waals surface area contributed by atoms with E-state index in [9.17, 15) is 0 Å². The van der Waals surface area contributed by atoms with Crippen LogP contribution >= 0.6 is 0 Å². The van der Waals surface area contributed by atoms with Gasteiger partial charge < -0.3 is 5.32 Å². The van der Waals surface area contributed by atoms with Crippen molar-refractivity contribution in [3.05, 3.63) is 30.1 Å². The van der Waals surface area contributed by atoms with Crippen molar-refractivity contribution in [2.75, 3.05) is 7.05 Å². The molecule has 1 aliphatic carbocycles. The molecule has 0 aromatic carbocycles. The minimum atomic E-state index is 0.526. The summed E-state index contributed by atoms with van der Waals surface area (Å²) in [4.78, 5) is 4.09. The van der Waals surface area contributed by atoms with Crippen molar-refractivity contribution in [3.8, 4) is 0 Å². The van der Waals surface area contributed by atoms with E-state index in [-0.39, 0.29) is 0 Å². The fourth-order valence-electron chi connectivity index (χ4n) is 3.41. The lowest BCUT2D eigenvalue weighted by Crippen LogP contribution is -2.43. The quantitative estimate of drug-likeness (QED) is 0.843. The van der Waals surface area contributed by atoms with Gasteiger partial charge in [-0.15, -0.1) is 0 Å². The Morgan fingerprint density at radius 2 is 1.94 bits per heavy atom. The van der Waals surface area contributed by atoms with E-state index >= 15 is 0 Å². The Morgan fingerprint density at radius 1 is 1.29 bits per heavy atom. The highest BCUT2D eigenvalue weighted by atomic mass is 14.9. The van der Waals surface area contributed by atoms with Crippen LogP contribution < -0.4 is 5.32 Å². The van der Waals surface area contributed by atoms with E-state index in [0.717, 1.165) is 6.42 Å². The fourth-order valence-corrected chi connectivity index (χ4v) is 3.41. The van der Waals surface area contributed by atoms with Crippen LogP contribution in [0.1, 0.15) is 44.6 Å². The van der Waals surface area contributed by atoms with Gasteiger partial charge in [0.15, 0.2) is 0 Å². The number of aromatic nitrogens is 1. The summed E-state index contributed by atoms with van der Waals surface area (Å²) in [5, 5.41) is 3.56. The van der Waals surface area contributed by atoms with Gasteiger partial charge in [0.2, 0.25) is 0 Å². The van der Waals surface area contributed by atoms with Crippen LogP contribution in [-0.4, -0.2) is 18.1 Å². The first-order chi connectivity index (χ1) is 8.30. The van der Waals surface area contributed by atoms with E-state index in [1.54, 1.807) is 0 Å². The summed E-state index contributed by atoms with van der Waals surface area (Å²) in [5.74, 6) is 0. The Morgan fingerprint density at radius 3 is 2.47 bits per heavy atom. The van der Waals surface area contributed by atoms with Crippen molar-refractivity contribution in [2.24, 2.45) is 5.41 Å². The maximum Gasteiger partial charge on any atom is 0.0270 e. The van der Waals surface area contributed by atoms with Crippen molar-refractivity contribution < 1.29 is 0 Å². The first-order valence-corrected chi connectivity index (χ1v) is 6.87. The summed E-state index contributed by atoms with van der Waals surface area (Å²) in [5.41, 5.74) is 1.93. The molecule has 0 saturated heterocycles. The zero-order valence-electron chi connectivity index (χ0n) is 11.1. The summed E-state index contributed by atoms with van der Waals surface area (Å²) < 4.78 is 0. The number of pyridine rings is 1. The summed E-state index contributed by atoms with van der Waals surface area (Å²) in [6.45, 7) is 2.35. The molecule has 1 aromatic rings. The van der Waals surface area contributed by atoms with E-state index < -0.39 is 0 Å². The summed E-state index contributed by atoms with van der Waals surface area (Å²) >= 11 is 0. The second-order valence-corrected chi connectivity index (χ2v) is 5.32. The maximum absolute atomic E-state index is 4.09. The Bertz CT molecular complexity index is 328. The number of hydrogen-bond donors (Lipinski definition) is 1. The van der Waals surface area contributed by atoms with Crippen LogP contribution in [0.25, 0.3) is 0 Å². The molecular formula is C15H24N2. The molecule has 1 aliphatic rings. The van der Waals surface area contributed by atoms with Crippen molar-refractivity contribution in [1.29, 1.82) is 0 Å². The van der Waals surface area contributed by atoms with E-state index in [0.29, 0.717) is 11.5 Å². The lowest BCUT2D eigenvalue weighted by molar-refractivity contribution is 0.192. The van der Waals surface area contributed by atoms with Crippen LogP contribution in [0.15, 0.2) is 24.5 Å². The standard InChI is InChI=1S/C15H24N2/c1-3-15(8-4-5-9-15)14(16-2)12-13-6-10-17-11-7-13/h6-7,10-11,14,16H,3-5,8-9,12H2,1-2H3. The third-order valence-corrected chi connectivity index (χ3v) is 4.58. The third-order valence-electron chi connectivity index (χ3n) is 4.58. The zero-order valence-corrected chi connectivity index (χ0v) is 11.1. The normalized spacial score (nSPS) is 20.4. The first-order valence-electron chi connectivity index (χ1n) is 6.87. The van der Waals surface area contributed by atoms with Gasteiger partial charge >= 0.3 is 0 Å². The van der Waals surface area contributed by atoms with Crippen LogP contribution in [0.2, 0.25) is 0 Å². The van der Waals surface area contributed by atoms with E-state index in [4.69, 9.17) is 0 Å². The van der Waals surface area contributed by atoms with Gasteiger partial charge in [-0.05, 0) is 55.8 Å². The van der Waals surface area contributed by atoms with Gasteiger partial charge in [-0.2, -0.15) is 0 Å². The molecule has 1 heterocycles. The molecular weight excluding hydrogens is 208 g/mol. The summed E-state index contributed by atoms with van der Waals surface area (Å²) in [6, 6.07) is 4.89. The molecule has 1 atom stereocenters. The Balaban J connectivity index is 2.10. The molecule has 17 heavy (non-hydrogen) atoms. The van der Waals surface area contributed by atoms with Gasteiger partial charge in [-0.25, -0.2) is 0 Å². The molecule has 0 radical (unpaired) electrons. The monoisotopic (exact) mass is 232 g/mol. The molecule has 1 N–H and O–H groups in total. The van der Waals surface area contributed by atoms with E-state index in [1.165, 1.54) is 37.7 Å². The van der Waals surface area contributed by atoms with Crippen LogP contribution in [0.5, 0.6) is 0 Å². The largest absolute Gasteiger partial charge is 0.316 e. The smallest absolute Gasteiger partial charge is 0.0270 e. The van der Waals surface area contributed by atoms with Crippen molar-refractivity contribution in [1.82, 2.24) is 10.3 Å². The van der Waals surface area contributed by atoms with Crippen LogP contribution in [-0.2, 0) is 6.42 Å². The SMILES string of the molecule is CCC1(C(Cc2ccncc2)NC)CCCC1. The van der Waals surface area contributed by atoms with Gasteiger partial charge in [-0.1, -0.05) is 19.8 Å². The Kier molecular flexibility index (Phi) is 4.16. The minimum absolute atomic E-state index is 0.526. The summed E-state index contributed by atoms with van der Waals surface area (Å²) in [7, 11) is 2.11. The average molecular weight is 232 g/mol. The molecule has 0 spiro atoms. The van der Waals surface area contributed by atoms with Crippen LogP contribution in [0.4, 0.5) is 0 Å². The second-order valence-electron chi connectivity index (χ2n) is 5.32. The number of nitrogens with one attached hydrogen (secondary N) is 1. The van der Waals surface area contributed by atoms with Crippen molar-refractivity contribution >= 4 is 0 Å². The molecule has 2 heteroatoms. The summed E-state index contributed by atoms with van der Waals surface area (Å²) in [6.07, 6.45) is 11.8. The molecule has 1 unspecified atom stereocenters. The number of likely N-dealkylation sites (N-methyl/N-ethyl adjacent to an activating group) is 1. The number of nitrogens with zero attached hydrogens (tertiary/aromatic N) is 1. The minimum Gasteiger partial charge on any atom is -0.316 e. The highest BCUT2D eigenvalue weighted by Crippen LogP contribution is 2.44. The fraction of sp³-hybridized carbons (Fsp3) is 0.667. The molecule has 2 rings (SSSR count). The highest BCUT2D eigenvalue weighted by molar-refractivity contribution is 5.13. The Hall–Kier alpha value is -0.890. The lowest BCUT2D eigenvalue weighted by atomic mass is 9.74. The van der Waals surface area contributed by atoms with Crippen molar-refractivity contribution in [2.45, 2.75) is 51.5 Å². The third kappa shape index (κ3) is 2.68. The van der Waals surface area contributed by atoms with Gasteiger partial charge in [0.05, 0.1) is 0 Å². The predicted octanol–water partition coefficient (Wildman–Crippen LogP) is 3.18. The van der Waals surface area contributed by atoms with Gasteiger partial charge in [0.1, 0.15) is 0 Å². The van der Waals surface area contributed by atoms with Crippen LogP contribution in [0.3, 0.4) is 0 Å². The average Bonchev–Trinajstić information content (AvgIpc) is 2.87. The zero-order chi connectivity index (χ0) is 12.1. The van der Waals surface area contributed by atoms with E-state index in [1.807, 2.05) is 12.4 Å². The molecule has 1 saturated carbocycles. The highest BCUT2D eigenvalue weighted by Gasteiger charge is 2.38. The molecule has 0 amide bonds. The molecule has 1 fully saturated rings.